The van der Waals surface area contributed by atoms with Crippen molar-refractivity contribution in [1.29, 1.82) is 0 Å². The molecule has 1 aromatic heterocycles. The van der Waals surface area contributed by atoms with Crippen LogP contribution < -0.4 is 5.32 Å². The highest BCUT2D eigenvalue weighted by Crippen LogP contribution is 2.27. The van der Waals surface area contributed by atoms with Gasteiger partial charge in [0.1, 0.15) is 0 Å². The van der Waals surface area contributed by atoms with E-state index in [1.54, 1.807) is 4.68 Å². The van der Waals surface area contributed by atoms with Gasteiger partial charge in [-0.15, -0.1) is 5.10 Å². The molecule has 0 atom stereocenters. The smallest absolute Gasteiger partial charge is 0.295 e. The van der Waals surface area contributed by atoms with Crippen molar-refractivity contribution in [2.24, 2.45) is 0 Å². The van der Waals surface area contributed by atoms with Crippen molar-refractivity contribution in [3.63, 3.8) is 0 Å². The van der Waals surface area contributed by atoms with Gasteiger partial charge in [-0.25, -0.2) is 9.67 Å². The van der Waals surface area contributed by atoms with Gasteiger partial charge in [0.05, 0.1) is 5.69 Å². The van der Waals surface area contributed by atoms with E-state index < -0.39 is 0 Å². The largest absolute Gasteiger partial charge is 0.319 e. The zero-order chi connectivity index (χ0) is 21.3. The highest BCUT2D eigenvalue weighted by atomic mass is 35.5. The summed E-state index contributed by atoms with van der Waals surface area (Å²) < 4.78 is 1.67. The van der Waals surface area contributed by atoms with E-state index in [4.69, 9.17) is 11.6 Å². The van der Waals surface area contributed by atoms with Gasteiger partial charge in [0, 0.05) is 16.3 Å². The van der Waals surface area contributed by atoms with Crippen LogP contribution in [0.25, 0.3) is 17.1 Å². The summed E-state index contributed by atoms with van der Waals surface area (Å²) in [6.07, 6.45) is 0. The SMILES string of the molecule is Cc1ccc(NC(=O)c2nc(-c3ccccc3)n(-c3cccc(Cl)c3C)n2)c(C)c1. The van der Waals surface area contributed by atoms with Crippen molar-refractivity contribution in [2.45, 2.75) is 20.8 Å². The van der Waals surface area contributed by atoms with Crippen molar-refractivity contribution < 1.29 is 4.79 Å². The number of anilines is 1. The lowest BCUT2D eigenvalue weighted by Crippen LogP contribution is -2.15. The predicted octanol–water partition coefficient (Wildman–Crippen LogP) is 5.77. The van der Waals surface area contributed by atoms with Crippen LogP contribution in [0, 0.1) is 20.8 Å². The summed E-state index contributed by atoms with van der Waals surface area (Å²) in [6.45, 7) is 5.89. The number of aromatic nitrogens is 3. The van der Waals surface area contributed by atoms with E-state index in [1.807, 2.05) is 87.5 Å². The van der Waals surface area contributed by atoms with E-state index in [0.29, 0.717) is 10.8 Å². The number of aryl methyl sites for hydroxylation is 2. The van der Waals surface area contributed by atoms with Gasteiger partial charge in [-0.3, -0.25) is 4.79 Å². The third-order valence-corrected chi connectivity index (χ3v) is 5.35. The maximum absolute atomic E-state index is 13.0. The lowest BCUT2D eigenvalue weighted by Gasteiger charge is -2.10. The molecule has 0 aliphatic carbocycles. The molecule has 30 heavy (non-hydrogen) atoms. The van der Waals surface area contributed by atoms with Crippen LogP contribution in [0.2, 0.25) is 5.02 Å². The molecule has 6 heteroatoms. The fourth-order valence-corrected chi connectivity index (χ4v) is 3.48. The van der Waals surface area contributed by atoms with Crippen molar-refractivity contribution in [1.82, 2.24) is 14.8 Å². The Kier molecular flexibility index (Phi) is 5.38. The molecule has 0 radical (unpaired) electrons. The Morgan fingerprint density at radius 2 is 1.73 bits per heavy atom. The first-order valence-electron chi connectivity index (χ1n) is 9.60. The molecule has 0 fully saturated rings. The van der Waals surface area contributed by atoms with E-state index in [9.17, 15) is 4.79 Å². The quantitative estimate of drug-likeness (QED) is 0.459. The molecule has 5 nitrogen and oxygen atoms in total. The van der Waals surface area contributed by atoms with E-state index in [-0.39, 0.29) is 11.7 Å². The summed E-state index contributed by atoms with van der Waals surface area (Å²) in [5.41, 5.74) is 5.35. The fraction of sp³-hybridized carbons (Fsp3) is 0.125. The number of carbonyl (C=O) groups excluding carboxylic acids is 1. The first kappa shape index (κ1) is 19.9. The normalized spacial score (nSPS) is 10.8. The molecule has 1 heterocycles. The van der Waals surface area contributed by atoms with Crippen LogP contribution in [0.15, 0.2) is 66.7 Å². The zero-order valence-electron chi connectivity index (χ0n) is 17.0. The molecule has 150 valence electrons. The molecule has 0 saturated carbocycles. The summed E-state index contributed by atoms with van der Waals surface area (Å²) in [5.74, 6) is 0.303. The summed E-state index contributed by atoms with van der Waals surface area (Å²) in [4.78, 5) is 17.5. The summed E-state index contributed by atoms with van der Waals surface area (Å²) in [6, 6.07) is 21.1. The minimum atomic E-state index is -0.363. The molecular weight excluding hydrogens is 396 g/mol. The number of benzene rings is 3. The standard InChI is InChI=1S/C24H21ClN4O/c1-15-12-13-20(16(2)14-15)26-24(30)22-27-23(18-8-5-4-6-9-18)29(28-22)21-11-7-10-19(25)17(21)3/h4-14H,1-3H3,(H,26,30). The van der Waals surface area contributed by atoms with Crippen molar-refractivity contribution in [2.75, 3.05) is 5.32 Å². The Bertz CT molecular complexity index is 1230. The first-order chi connectivity index (χ1) is 14.4. The number of hydrogen-bond donors (Lipinski definition) is 1. The maximum atomic E-state index is 13.0. The third-order valence-electron chi connectivity index (χ3n) is 4.94. The van der Waals surface area contributed by atoms with Crippen molar-refractivity contribution in [3.8, 4) is 17.1 Å². The van der Waals surface area contributed by atoms with E-state index >= 15 is 0 Å². The Morgan fingerprint density at radius 3 is 2.47 bits per heavy atom. The second-order valence-corrected chi connectivity index (χ2v) is 7.60. The number of nitrogens with zero attached hydrogens (tertiary/aromatic N) is 3. The lowest BCUT2D eigenvalue weighted by atomic mass is 10.1. The van der Waals surface area contributed by atoms with E-state index in [0.717, 1.165) is 33.6 Å². The van der Waals surface area contributed by atoms with E-state index in [1.165, 1.54) is 0 Å². The fourth-order valence-electron chi connectivity index (χ4n) is 3.31. The van der Waals surface area contributed by atoms with Gasteiger partial charge in [0.2, 0.25) is 5.82 Å². The van der Waals surface area contributed by atoms with Gasteiger partial charge >= 0.3 is 0 Å². The Morgan fingerprint density at radius 1 is 0.967 bits per heavy atom. The Hall–Kier alpha value is -3.44. The second-order valence-electron chi connectivity index (χ2n) is 7.19. The topological polar surface area (TPSA) is 59.8 Å². The van der Waals surface area contributed by atoms with Gasteiger partial charge in [-0.05, 0) is 50.1 Å². The minimum absolute atomic E-state index is 0.0909. The van der Waals surface area contributed by atoms with Gasteiger partial charge in [0.15, 0.2) is 5.82 Å². The Labute approximate surface area is 180 Å². The highest BCUT2D eigenvalue weighted by Gasteiger charge is 2.20. The highest BCUT2D eigenvalue weighted by molar-refractivity contribution is 6.31. The molecule has 3 aromatic carbocycles. The first-order valence-corrected chi connectivity index (χ1v) is 9.98. The van der Waals surface area contributed by atoms with Crippen LogP contribution in [0.3, 0.4) is 0 Å². The van der Waals surface area contributed by atoms with Crippen LogP contribution in [-0.2, 0) is 0 Å². The van der Waals surface area contributed by atoms with Gasteiger partial charge < -0.3 is 5.32 Å². The summed E-state index contributed by atoms with van der Waals surface area (Å²) in [5, 5.41) is 8.08. The maximum Gasteiger partial charge on any atom is 0.295 e. The van der Waals surface area contributed by atoms with Crippen LogP contribution in [0.1, 0.15) is 27.3 Å². The molecule has 1 amide bonds. The number of rotatable bonds is 4. The molecule has 1 N–H and O–H groups in total. The number of amides is 1. The van der Waals surface area contributed by atoms with Crippen LogP contribution in [-0.4, -0.2) is 20.7 Å². The average molecular weight is 417 g/mol. The molecule has 0 saturated heterocycles. The Balaban J connectivity index is 1.79. The predicted molar refractivity (Wildman–Crippen MR) is 120 cm³/mol. The third kappa shape index (κ3) is 3.84. The summed E-state index contributed by atoms with van der Waals surface area (Å²) >= 11 is 6.33. The van der Waals surface area contributed by atoms with Crippen LogP contribution in [0.5, 0.6) is 0 Å². The van der Waals surface area contributed by atoms with E-state index in [2.05, 4.69) is 15.4 Å². The van der Waals surface area contributed by atoms with Crippen molar-refractivity contribution >= 4 is 23.2 Å². The summed E-state index contributed by atoms with van der Waals surface area (Å²) in [7, 11) is 0. The molecule has 4 aromatic rings. The number of carbonyl (C=O) groups is 1. The van der Waals surface area contributed by atoms with Crippen molar-refractivity contribution in [3.05, 3.63) is 94.3 Å². The molecule has 0 aliphatic rings. The lowest BCUT2D eigenvalue weighted by molar-refractivity contribution is 0.101. The molecule has 0 bridgehead atoms. The van der Waals surface area contributed by atoms with Crippen LogP contribution >= 0.6 is 11.6 Å². The molecule has 0 aliphatic heterocycles. The van der Waals surface area contributed by atoms with Gasteiger partial charge in [-0.1, -0.05) is 65.7 Å². The molecular formula is C24H21ClN4O. The molecule has 4 rings (SSSR count). The average Bonchev–Trinajstić information content (AvgIpc) is 3.18. The monoisotopic (exact) mass is 416 g/mol. The molecule has 0 unspecified atom stereocenters. The number of nitrogens with one attached hydrogen (secondary N) is 1. The van der Waals surface area contributed by atoms with Gasteiger partial charge in [0.25, 0.3) is 5.91 Å². The molecule has 0 spiro atoms. The minimum Gasteiger partial charge on any atom is -0.319 e. The van der Waals surface area contributed by atoms with Crippen LogP contribution in [0.4, 0.5) is 5.69 Å². The second kappa shape index (κ2) is 8.13. The van der Waals surface area contributed by atoms with Gasteiger partial charge in [-0.2, -0.15) is 0 Å². The number of hydrogen-bond acceptors (Lipinski definition) is 3. The number of halogens is 1. The zero-order valence-corrected chi connectivity index (χ0v) is 17.7.